The van der Waals surface area contributed by atoms with Crippen molar-refractivity contribution in [2.24, 2.45) is 5.41 Å². The largest absolute Gasteiger partial charge is 0 e. The van der Waals surface area contributed by atoms with Crippen LogP contribution in [-0.2, 0) is 26.5 Å². The van der Waals surface area contributed by atoms with Crippen LogP contribution in [0.5, 0.6) is 0 Å². The summed E-state index contributed by atoms with van der Waals surface area (Å²) in [4.78, 5) is 8.72. The number of hydrogen-bond acceptors (Lipinski definition) is 4. The van der Waals surface area contributed by atoms with Gasteiger partial charge in [0.15, 0.2) is 0 Å². The van der Waals surface area contributed by atoms with Crippen LogP contribution in [-0.4, -0.2) is 23.2 Å². The van der Waals surface area contributed by atoms with Gasteiger partial charge in [0.2, 0.25) is 0 Å². The third kappa shape index (κ3) is 8.81. The smallest absolute Gasteiger partial charge is 0 e. The van der Waals surface area contributed by atoms with Crippen LogP contribution in [0.3, 0.4) is 0 Å². The number of hydrogen-bond donors (Lipinski definition) is 0. The van der Waals surface area contributed by atoms with E-state index < -0.39 is 45.6 Å². The second-order valence-corrected chi connectivity index (χ2v) is 24.9. The number of nitrogens with zero attached hydrogens (tertiary/aromatic N) is 3. The molecule has 0 spiro atoms. The molecule has 3 aromatic heterocycles. The number of furan rings is 1. The minimum absolute atomic E-state index is 0. The van der Waals surface area contributed by atoms with Gasteiger partial charge in [0.05, 0.1) is 13.0 Å². The number of nitriles is 1. The molecule has 0 unspecified atom stereocenters. The molecule has 6 heteroatoms. The molecule has 0 aliphatic rings. The normalized spacial score (nSPS) is 16.1. The van der Waals surface area contributed by atoms with Crippen molar-refractivity contribution in [2.45, 2.75) is 65.0 Å². The Hall–Kier alpha value is -4.34. The van der Waals surface area contributed by atoms with Crippen molar-refractivity contribution in [3.8, 4) is 39.7 Å². The summed E-state index contributed by atoms with van der Waals surface area (Å²) in [5.74, 6) is 6.30. The molecule has 1 radical (unpaired) electrons. The molecular formula is C46H45GeIrN3O-2. The summed E-state index contributed by atoms with van der Waals surface area (Å²) in [6.07, 6.45) is 1.23. The second-order valence-electron chi connectivity index (χ2n) is 14.3. The molecule has 0 amide bonds. The fourth-order valence-electron chi connectivity index (χ4n) is 5.52. The van der Waals surface area contributed by atoms with Crippen LogP contribution < -0.4 is 4.40 Å². The quantitative estimate of drug-likeness (QED) is 0.127. The van der Waals surface area contributed by atoms with E-state index in [1.807, 2.05) is 26.8 Å². The SMILES string of the molecule is [2H]C([2H])([2H])c1c[c-]c(-c2ccc(C([2H])([2H])C(C)(C)C)cn2)cc1.[2H]c1c[c]([Ge]([CH3])([CH3])[CH3])cc(C([2H])([2H])[2H])c1-c1cc(-c2[c-]ccc3c2oc2c([2H])c(C#N)ccc23)ncc1C([2H])([2H])[2H].[Ir]. The van der Waals surface area contributed by atoms with Crippen LogP contribution in [0.25, 0.3) is 55.6 Å². The Bertz CT molecular complexity index is 2920. The van der Waals surface area contributed by atoms with Crippen LogP contribution in [0.1, 0.15) is 66.4 Å². The zero-order valence-electron chi connectivity index (χ0n) is 42.7. The van der Waals surface area contributed by atoms with Gasteiger partial charge in [-0.15, -0.1) is 35.4 Å². The molecule has 4 aromatic carbocycles. The first-order chi connectivity index (χ1) is 29.4. The van der Waals surface area contributed by atoms with Crippen LogP contribution in [0.15, 0.2) is 102 Å². The summed E-state index contributed by atoms with van der Waals surface area (Å²) in [6, 6.07) is 27.4. The molecule has 0 atom stereocenters. The first-order valence-corrected chi connectivity index (χ1v) is 23.7. The summed E-state index contributed by atoms with van der Waals surface area (Å²) in [7, 11) is 0. The molecular weight excluding hydrogens is 875 g/mol. The predicted octanol–water partition coefficient (Wildman–Crippen LogP) is 11.6. The van der Waals surface area contributed by atoms with Gasteiger partial charge in [-0.05, 0) is 29.1 Å². The Morgan fingerprint density at radius 3 is 2.35 bits per heavy atom. The number of aryl methyl sites for hydroxylation is 3. The summed E-state index contributed by atoms with van der Waals surface area (Å²) >= 11 is -2.57. The second kappa shape index (κ2) is 15.7. The first kappa shape index (κ1) is 24.8. The van der Waals surface area contributed by atoms with Gasteiger partial charge in [-0.1, -0.05) is 39.8 Å². The molecule has 4 nitrogen and oxygen atoms in total. The third-order valence-electron chi connectivity index (χ3n) is 8.08. The predicted molar refractivity (Wildman–Crippen MR) is 215 cm³/mol. The van der Waals surface area contributed by atoms with Gasteiger partial charge < -0.3 is 4.98 Å². The van der Waals surface area contributed by atoms with Crippen LogP contribution in [0.2, 0.25) is 17.3 Å². The summed E-state index contributed by atoms with van der Waals surface area (Å²) in [5, 5.41) is 10.6. The van der Waals surface area contributed by atoms with Gasteiger partial charge in [-0.3, -0.25) is 0 Å². The molecule has 7 aromatic rings. The molecule has 0 saturated carbocycles. The van der Waals surface area contributed by atoms with Crippen molar-refractivity contribution in [3.63, 3.8) is 0 Å². The molecule has 52 heavy (non-hydrogen) atoms. The number of aromatic nitrogens is 2. The average Bonchev–Trinajstić information content (AvgIpc) is 3.59. The molecule has 3 heterocycles. The van der Waals surface area contributed by atoms with Crippen LogP contribution in [0.4, 0.5) is 0 Å². The topological polar surface area (TPSA) is 62.7 Å². The number of pyridine rings is 2. The summed E-state index contributed by atoms with van der Waals surface area (Å²) in [6.45, 7) is -1.83. The molecule has 7 rings (SSSR count). The van der Waals surface area contributed by atoms with Crippen molar-refractivity contribution < 1.29 is 42.3 Å². The fraction of sp³-hybridized carbons (Fsp3) is 0.239. The van der Waals surface area contributed by atoms with E-state index in [1.54, 1.807) is 60.7 Å². The Morgan fingerprint density at radius 2 is 1.69 bits per heavy atom. The van der Waals surface area contributed by atoms with Crippen molar-refractivity contribution >= 4 is 39.6 Å². The maximum Gasteiger partial charge on any atom is 0 e. The van der Waals surface area contributed by atoms with Crippen LogP contribution in [0, 0.1) is 49.4 Å². The van der Waals surface area contributed by atoms with Crippen molar-refractivity contribution in [2.75, 3.05) is 0 Å². The van der Waals surface area contributed by atoms with E-state index in [0.29, 0.717) is 38.7 Å². The van der Waals surface area contributed by atoms with Crippen molar-refractivity contribution in [3.05, 3.63) is 137 Å². The van der Waals surface area contributed by atoms with E-state index in [0.717, 1.165) is 4.40 Å². The van der Waals surface area contributed by atoms with E-state index in [1.165, 1.54) is 24.5 Å². The molecule has 0 bridgehead atoms. The number of fused-ring (bicyclic) bond motifs is 3. The third-order valence-corrected chi connectivity index (χ3v) is 12.3. The van der Waals surface area contributed by atoms with Crippen molar-refractivity contribution in [1.82, 2.24) is 9.97 Å². The van der Waals surface area contributed by atoms with E-state index in [9.17, 15) is 5.26 Å². The zero-order valence-corrected chi connectivity index (χ0v) is 34.2. The maximum atomic E-state index is 9.35. The van der Waals surface area contributed by atoms with Gasteiger partial charge in [-0.2, -0.15) is 5.26 Å². The average molecular weight is 934 g/mol. The molecule has 0 aliphatic carbocycles. The van der Waals surface area contributed by atoms with E-state index >= 15 is 0 Å². The summed E-state index contributed by atoms with van der Waals surface area (Å²) in [5.41, 5.74) is 2.75. The molecule has 265 valence electrons. The van der Waals surface area contributed by atoms with E-state index in [-0.39, 0.29) is 76.8 Å². The molecule has 0 saturated heterocycles. The number of rotatable bonds is 5. The van der Waals surface area contributed by atoms with Gasteiger partial charge in [0.25, 0.3) is 0 Å². The van der Waals surface area contributed by atoms with Gasteiger partial charge in [0, 0.05) is 33.2 Å². The maximum absolute atomic E-state index is 9.35. The molecule has 0 aliphatic heterocycles. The van der Waals surface area contributed by atoms with Gasteiger partial charge in [-0.25, -0.2) is 0 Å². The van der Waals surface area contributed by atoms with E-state index in [2.05, 4.69) is 39.4 Å². The Morgan fingerprint density at radius 1 is 0.885 bits per heavy atom. The van der Waals surface area contributed by atoms with Crippen LogP contribution >= 0.6 is 0 Å². The Labute approximate surface area is 343 Å². The van der Waals surface area contributed by atoms with Crippen molar-refractivity contribution in [1.29, 1.82) is 5.26 Å². The molecule has 0 N–H and O–H groups in total. The standard InChI is InChI=1S/C29H25GeN2O.C17H20N.Ir/c1-18-13-21(30(3,4)5)10-12-22(18)26-15-27(32-17-19(26)2)25-8-6-7-24-23-11-9-20(16-31)14-28(23)33-29(24)25;1-13-5-8-15(9-6-13)16-10-7-14(12-18-16)11-17(2,3)4;/h6-7,9-15,17H,1-5H3;5-8,10,12H,11H2,1-4H3;/q2*-1;/i1D3,2D3,12D,14D;1D3,11D2;. The van der Waals surface area contributed by atoms with Gasteiger partial charge in [0.1, 0.15) is 0 Å². The number of benzene rings is 4. The minimum atomic E-state index is -2.64. The van der Waals surface area contributed by atoms with Gasteiger partial charge >= 0.3 is 184 Å². The minimum Gasteiger partial charge on any atom is 0 e. The Kier molecular flexibility index (Phi) is 7.50. The zero-order chi connectivity index (χ0) is 47.5. The monoisotopic (exact) mass is 935 g/mol. The fourth-order valence-corrected chi connectivity index (χ4v) is 7.79. The Balaban J connectivity index is 0.000000281. The first-order valence-electron chi connectivity index (χ1n) is 22.9. The molecule has 0 fully saturated rings. The van der Waals surface area contributed by atoms with E-state index in [4.69, 9.17) is 22.2 Å². The summed E-state index contributed by atoms with van der Waals surface area (Å²) < 4.78 is 112.